The summed E-state index contributed by atoms with van der Waals surface area (Å²) in [4.78, 5) is 11.5. The number of hydrogen-bond donors (Lipinski definition) is 2. The van der Waals surface area contributed by atoms with Crippen molar-refractivity contribution in [3.05, 3.63) is 28.5 Å². The van der Waals surface area contributed by atoms with E-state index < -0.39 is 0 Å². The highest BCUT2D eigenvalue weighted by molar-refractivity contribution is 9.10. The van der Waals surface area contributed by atoms with Crippen LogP contribution in [0.4, 0.5) is 10.1 Å². The first-order valence-corrected chi connectivity index (χ1v) is 6.30. The van der Waals surface area contributed by atoms with Gasteiger partial charge in [-0.3, -0.25) is 4.79 Å². The van der Waals surface area contributed by atoms with Gasteiger partial charge in [0.25, 0.3) is 0 Å². The number of amides is 1. The van der Waals surface area contributed by atoms with Crippen molar-refractivity contribution >= 4 is 27.5 Å². The number of benzene rings is 1. The van der Waals surface area contributed by atoms with Crippen molar-refractivity contribution in [1.29, 1.82) is 0 Å². The number of hydrogen-bond acceptors (Lipinski definition) is 2. The number of carbonyl (C=O) groups is 1. The maximum Gasteiger partial charge on any atom is 0.239 e. The minimum Gasteiger partial charge on any atom is -0.374 e. The largest absolute Gasteiger partial charge is 0.374 e. The molecule has 0 bridgehead atoms. The summed E-state index contributed by atoms with van der Waals surface area (Å²) in [6, 6.07) is 4.81. The van der Waals surface area contributed by atoms with Gasteiger partial charge >= 0.3 is 0 Å². The summed E-state index contributed by atoms with van der Waals surface area (Å²) < 4.78 is 14.1. The van der Waals surface area contributed by atoms with Gasteiger partial charge in [-0.25, -0.2) is 4.39 Å². The van der Waals surface area contributed by atoms with E-state index in [9.17, 15) is 9.18 Å². The van der Waals surface area contributed by atoms with Crippen LogP contribution >= 0.6 is 15.9 Å². The van der Waals surface area contributed by atoms with Gasteiger partial charge in [0.15, 0.2) is 0 Å². The Bertz CT molecular complexity index is 398. The standard InChI is InChI=1S/C12H16BrFN2O/c1-3-8(2)16-12(17)7-15-11-5-4-9(13)6-10(11)14/h4-6,8,15H,3,7H2,1-2H3,(H,16,17). The van der Waals surface area contributed by atoms with Crippen LogP contribution in [0.5, 0.6) is 0 Å². The first-order valence-electron chi connectivity index (χ1n) is 5.51. The number of anilines is 1. The molecule has 0 fully saturated rings. The molecule has 0 saturated carbocycles. The normalized spacial score (nSPS) is 12.0. The van der Waals surface area contributed by atoms with Crippen LogP contribution in [-0.2, 0) is 4.79 Å². The molecule has 1 rings (SSSR count). The maximum atomic E-state index is 13.4. The summed E-state index contributed by atoms with van der Waals surface area (Å²) in [5.41, 5.74) is 0.326. The Morgan fingerprint density at radius 2 is 2.24 bits per heavy atom. The van der Waals surface area contributed by atoms with Crippen LogP contribution in [0.3, 0.4) is 0 Å². The molecule has 1 aromatic carbocycles. The lowest BCUT2D eigenvalue weighted by molar-refractivity contribution is -0.120. The molecular formula is C12H16BrFN2O. The van der Waals surface area contributed by atoms with Crippen LogP contribution in [0.25, 0.3) is 0 Å². The van der Waals surface area contributed by atoms with E-state index in [0.717, 1.165) is 6.42 Å². The van der Waals surface area contributed by atoms with Crippen molar-refractivity contribution in [2.45, 2.75) is 26.3 Å². The molecule has 1 unspecified atom stereocenters. The van der Waals surface area contributed by atoms with Crippen LogP contribution in [0.1, 0.15) is 20.3 Å². The van der Waals surface area contributed by atoms with Gasteiger partial charge in [0.05, 0.1) is 12.2 Å². The molecule has 2 N–H and O–H groups in total. The van der Waals surface area contributed by atoms with Crippen molar-refractivity contribution in [3.8, 4) is 0 Å². The predicted molar refractivity (Wildman–Crippen MR) is 70.5 cm³/mol. The van der Waals surface area contributed by atoms with Gasteiger partial charge in [0, 0.05) is 10.5 Å². The molecule has 17 heavy (non-hydrogen) atoms. The maximum absolute atomic E-state index is 13.4. The lowest BCUT2D eigenvalue weighted by Gasteiger charge is -2.12. The van der Waals surface area contributed by atoms with Crippen molar-refractivity contribution in [2.75, 3.05) is 11.9 Å². The van der Waals surface area contributed by atoms with Crippen LogP contribution < -0.4 is 10.6 Å². The van der Waals surface area contributed by atoms with Gasteiger partial charge in [0.1, 0.15) is 5.82 Å². The van der Waals surface area contributed by atoms with Gasteiger partial charge < -0.3 is 10.6 Å². The molecule has 1 aromatic rings. The first kappa shape index (κ1) is 14.0. The average molecular weight is 303 g/mol. The van der Waals surface area contributed by atoms with E-state index in [1.54, 1.807) is 12.1 Å². The molecule has 1 amide bonds. The second-order valence-electron chi connectivity index (χ2n) is 3.85. The van der Waals surface area contributed by atoms with E-state index in [0.29, 0.717) is 10.2 Å². The van der Waals surface area contributed by atoms with E-state index in [-0.39, 0.29) is 24.3 Å². The van der Waals surface area contributed by atoms with Crippen LogP contribution in [0, 0.1) is 5.82 Å². The quantitative estimate of drug-likeness (QED) is 0.878. The van der Waals surface area contributed by atoms with Gasteiger partial charge in [-0.2, -0.15) is 0 Å². The van der Waals surface area contributed by atoms with Gasteiger partial charge in [-0.15, -0.1) is 0 Å². The van der Waals surface area contributed by atoms with Crippen LogP contribution in [0.2, 0.25) is 0 Å². The van der Waals surface area contributed by atoms with Crippen LogP contribution in [-0.4, -0.2) is 18.5 Å². The zero-order valence-electron chi connectivity index (χ0n) is 9.89. The highest BCUT2D eigenvalue weighted by Crippen LogP contribution is 2.18. The third kappa shape index (κ3) is 4.73. The summed E-state index contributed by atoms with van der Waals surface area (Å²) in [5, 5.41) is 5.56. The zero-order valence-corrected chi connectivity index (χ0v) is 11.5. The summed E-state index contributed by atoms with van der Waals surface area (Å²) >= 11 is 3.17. The number of nitrogens with one attached hydrogen (secondary N) is 2. The van der Waals surface area contributed by atoms with E-state index in [2.05, 4.69) is 26.6 Å². The number of carbonyl (C=O) groups excluding carboxylic acids is 1. The Kier molecular flexibility index (Phi) is 5.41. The monoisotopic (exact) mass is 302 g/mol. The molecule has 3 nitrogen and oxygen atoms in total. The highest BCUT2D eigenvalue weighted by atomic mass is 79.9. The fourth-order valence-corrected chi connectivity index (χ4v) is 1.57. The predicted octanol–water partition coefficient (Wildman–Crippen LogP) is 2.91. The van der Waals surface area contributed by atoms with Crippen molar-refractivity contribution in [3.63, 3.8) is 0 Å². The Morgan fingerprint density at radius 3 is 2.82 bits per heavy atom. The topological polar surface area (TPSA) is 41.1 Å². The minimum absolute atomic E-state index is 0.0723. The smallest absolute Gasteiger partial charge is 0.239 e. The molecule has 0 aliphatic carbocycles. The molecule has 94 valence electrons. The summed E-state index contributed by atoms with van der Waals surface area (Å²) in [6.45, 7) is 3.99. The molecule has 1 atom stereocenters. The Labute approximate surface area is 109 Å². The second kappa shape index (κ2) is 6.59. The van der Waals surface area contributed by atoms with Crippen molar-refractivity contribution in [2.24, 2.45) is 0 Å². The van der Waals surface area contributed by atoms with Crippen molar-refractivity contribution < 1.29 is 9.18 Å². The lowest BCUT2D eigenvalue weighted by atomic mass is 10.2. The van der Waals surface area contributed by atoms with E-state index in [1.165, 1.54) is 6.07 Å². The highest BCUT2D eigenvalue weighted by Gasteiger charge is 2.07. The lowest BCUT2D eigenvalue weighted by Crippen LogP contribution is -2.36. The Hall–Kier alpha value is -1.10. The fourth-order valence-electron chi connectivity index (χ4n) is 1.24. The minimum atomic E-state index is -0.379. The molecule has 0 radical (unpaired) electrons. The third-order valence-electron chi connectivity index (χ3n) is 2.39. The van der Waals surface area contributed by atoms with Gasteiger partial charge in [-0.1, -0.05) is 22.9 Å². The average Bonchev–Trinajstić information content (AvgIpc) is 2.27. The summed E-state index contributed by atoms with van der Waals surface area (Å²) in [6.07, 6.45) is 0.873. The molecule has 0 aliphatic heterocycles. The molecule has 0 saturated heterocycles. The van der Waals surface area contributed by atoms with E-state index in [1.807, 2.05) is 13.8 Å². The summed E-state index contributed by atoms with van der Waals surface area (Å²) in [7, 11) is 0. The summed E-state index contributed by atoms with van der Waals surface area (Å²) in [5.74, 6) is -0.516. The van der Waals surface area contributed by atoms with Gasteiger partial charge in [-0.05, 0) is 31.5 Å². The number of halogens is 2. The van der Waals surface area contributed by atoms with Crippen molar-refractivity contribution in [1.82, 2.24) is 5.32 Å². The van der Waals surface area contributed by atoms with Gasteiger partial charge in [0.2, 0.25) is 5.91 Å². The fraction of sp³-hybridized carbons (Fsp3) is 0.417. The zero-order chi connectivity index (χ0) is 12.8. The molecule has 0 heterocycles. The Morgan fingerprint density at radius 1 is 1.53 bits per heavy atom. The van der Waals surface area contributed by atoms with E-state index in [4.69, 9.17) is 0 Å². The van der Waals surface area contributed by atoms with E-state index >= 15 is 0 Å². The number of rotatable bonds is 5. The molecule has 0 spiro atoms. The van der Waals surface area contributed by atoms with Crippen LogP contribution in [0.15, 0.2) is 22.7 Å². The first-order chi connectivity index (χ1) is 8.02. The molecule has 0 aromatic heterocycles. The second-order valence-corrected chi connectivity index (χ2v) is 4.77. The Balaban J connectivity index is 2.47. The molecule has 0 aliphatic rings. The third-order valence-corrected chi connectivity index (χ3v) is 2.88. The SMILES string of the molecule is CCC(C)NC(=O)CNc1ccc(Br)cc1F. The molecule has 5 heteroatoms. The molecular weight excluding hydrogens is 287 g/mol.